The third-order valence-corrected chi connectivity index (χ3v) is 4.28. The van der Waals surface area contributed by atoms with Gasteiger partial charge in [-0.25, -0.2) is 0 Å². The van der Waals surface area contributed by atoms with Crippen LogP contribution in [-0.4, -0.2) is 9.78 Å². The van der Waals surface area contributed by atoms with E-state index in [1.807, 2.05) is 11.8 Å². The molecular weight excluding hydrogens is 194 g/mol. The summed E-state index contributed by atoms with van der Waals surface area (Å²) in [7, 11) is 0. The number of nitrogen functional groups attached to an aromatic ring is 1. The van der Waals surface area contributed by atoms with Crippen molar-refractivity contribution in [3.05, 3.63) is 11.3 Å². The first-order valence-corrected chi connectivity index (χ1v) is 6.45. The zero-order valence-electron chi connectivity index (χ0n) is 8.20. The fourth-order valence-corrected chi connectivity index (χ4v) is 3.65. The lowest BCUT2D eigenvalue weighted by atomic mass is 10.2. The van der Waals surface area contributed by atoms with Crippen molar-refractivity contribution in [1.29, 1.82) is 0 Å². The summed E-state index contributed by atoms with van der Waals surface area (Å²) in [6, 6.07) is 0.639. The number of nitrogens with zero attached hydrogens (tertiary/aromatic N) is 2. The molecule has 2 heterocycles. The highest BCUT2D eigenvalue weighted by molar-refractivity contribution is 7.98. The van der Waals surface area contributed by atoms with Gasteiger partial charge in [0.25, 0.3) is 0 Å². The molecule has 0 aromatic carbocycles. The standard InChI is InChI=1S/C10H15N3S/c11-10-8-5-14-6-9(8)13(12-10)7-3-1-2-4-7/h7H,1-6H2,(H2,11,12). The van der Waals surface area contributed by atoms with Gasteiger partial charge in [-0.1, -0.05) is 12.8 Å². The van der Waals surface area contributed by atoms with Crippen LogP contribution in [0.25, 0.3) is 0 Å². The fraction of sp³-hybridized carbons (Fsp3) is 0.700. The third kappa shape index (κ3) is 1.16. The van der Waals surface area contributed by atoms with Crippen LogP contribution in [0.15, 0.2) is 0 Å². The molecule has 3 nitrogen and oxygen atoms in total. The van der Waals surface area contributed by atoms with Crippen molar-refractivity contribution < 1.29 is 0 Å². The monoisotopic (exact) mass is 209 g/mol. The van der Waals surface area contributed by atoms with Crippen LogP contribution in [0.1, 0.15) is 43.0 Å². The Balaban J connectivity index is 2.01. The minimum atomic E-state index is 0.639. The van der Waals surface area contributed by atoms with E-state index >= 15 is 0 Å². The maximum absolute atomic E-state index is 5.92. The van der Waals surface area contributed by atoms with Crippen LogP contribution >= 0.6 is 11.8 Å². The highest BCUT2D eigenvalue weighted by atomic mass is 32.2. The predicted octanol–water partition coefficient (Wildman–Crippen LogP) is 2.33. The molecule has 1 aliphatic heterocycles. The van der Waals surface area contributed by atoms with Crippen molar-refractivity contribution in [2.24, 2.45) is 0 Å². The van der Waals surface area contributed by atoms with E-state index in [1.165, 1.54) is 36.9 Å². The van der Waals surface area contributed by atoms with E-state index in [4.69, 9.17) is 5.73 Å². The second-order valence-electron chi connectivity index (χ2n) is 4.19. The molecule has 0 saturated heterocycles. The van der Waals surface area contributed by atoms with Gasteiger partial charge < -0.3 is 5.73 Å². The molecule has 4 heteroatoms. The largest absolute Gasteiger partial charge is 0.382 e. The fourth-order valence-electron chi connectivity index (χ4n) is 2.53. The van der Waals surface area contributed by atoms with Crippen molar-refractivity contribution in [2.45, 2.75) is 43.2 Å². The summed E-state index contributed by atoms with van der Waals surface area (Å²) in [6.07, 6.45) is 5.29. The molecule has 76 valence electrons. The van der Waals surface area contributed by atoms with Crippen molar-refractivity contribution in [2.75, 3.05) is 5.73 Å². The second kappa shape index (κ2) is 3.19. The average Bonchev–Trinajstić information content (AvgIpc) is 2.84. The molecule has 0 spiro atoms. The Morgan fingerprint density at radius 3 is 2.86 bits per heavy atom. The molecule has 1 aromatic heterocycles. The Kier molecular flexibility index (Phi) is 1.97. The van der Waals surface area contributed by atoms with Gasteiger partial charge in [-0.05, 0) is 12.8 Å². The van der Waals surface area contributed by atoms with E-state index < -0.39 is 0 Å². The molecule has 0 unspecified atom stereocenters. The third-order valence-electron chi connectivity index (χ3n) is 3.31. The normalized spacial score (nSPS) is 21.7. The topological polar surface area (TPSA) is 43.8 Å². The second-order valence-corrected chi connectivity index (χ2v) is 5.17. The van der Waals surface area contributed by atoms with E-state index in [9.17, 15) is 0 Å². The van der Waals surface area contributed by atoms with Crippen LogP contribution in [0, 0.1) is 0 Å². The number of rotatable bonds is 1. The minimum Gasteiger partial charge on any atom is -0.382 e. The molecule has 2 N–H and O–H groups in total. The molecule has 1 aliphatic carbocycles. The van der Waals surface area contributed by atoms with E-state index in [0.29, 0.717) is 6.04 Å². The number of fused-ring (bicyclic) bond motifs is 1. The van der Waals surface area contributed by atoms with Crippen molar-refractivity contribution in [3.63, 3.8) is 0 Å². The summed E-state index contributed by atoms with van der Waals surface area (Å²) in [4.78, 5) is 0. The highest BCUT2D eigenvalue weighted by Gasteiger charge is 2.26. The smallest absolute Gasteiger partial charge is 0.149 e. The first-order chi connectivity index (χ1) is 6.86. The van der Waals surface area contributed by atoms with E-state index in [1.54, 1.807) is 0 Å². The van der Waals surface area contributed by atoms with Crippen LogP contribution in [0.2, 0.25) is 0 Å². The maximum Gasteiger partial charge on any atom is 0.149 e. The molecule has 0 atom stereocenters. The van der Waals surface area contributed by atoms with Gasteiger partial charge in [0, 0.05) is 17.1 Å². The molecule has 1 saturated carbocycles. The lowest BCUT2D eigenvalue weighted by molar-refractivity contribution is 0.457. The van der Waals surface area contributed by atoms with Gasteiger partial charge in [0.1, 0.15) is 5.82 Å². The number of aromatic nitrogens is 2. The predicted molar refractivity (Wildman–Crippen MR) is 59.1 cm³/mol. The SMILES string of the molecule is Nc1nn(C2CCCC2)c2c1CSC2. The molecule has 0 radical (unpaired) electrons. The molecule has 0 amide bonds. The van der Waals surface area contributed by atoms with E-state index in [-0.39, 0.29) is 0 Å². The van der Waals surface area contributed by atoms with Gasteiger partial charge >= 0.3 is 0 Å². The van der Waals surface area contributed by atoms with Crippen LogP contribution in [0.3, 0.4) is 0 Å². The van der Waals surface area contributed by atoms with Crippen molar-refractivity contribution in [1.82, 2.24) is 9.78 Å². The van der Waals surface area contributed by atoms with Gasteiger partial charge in [0.2, 0.25) is 0 Å². The Morgan fingerprint density at radius 2 is 2.07 bits per heavy atom. The summed E-state index contributed by atoms with van der Waals surface area (Å²) >= 11 is 1.96. The number of thioether (sulfide) groups is 1. The van der Waals surface area contributed by atoms with Gasteiger partial charge in [0.15, 0.2) is 0 Å². The highest BCUT2D eigenvalue weighted by Crippen LogP contribution is 2.38. The lowest BCUT2D eigenvalue weighted by Crippen LogP contribution is -2.09. The molecule has 1 aromatic rings. The Labute approximate surface area is 88.0 Å². The Hall–Kier alpha value is -0.640. The van der Waals surface area contributed by atoms with Gasteiger partial charge in [-0.3, -0.25) is 4.68 Å². The van der Waals surface area contributed by atoms with Gasteiger partial charge in [-0.15, -0.1) is 0 Å². The van der Waals surface area contributed by atoms with Crippen molar-refractivity contribution >= 4 is 17.6 Å². The Bertz CT molecular complexity index is 352. The lowest BCUT2D eigenvalue weighted by Gasteiger charge is -2.12. The quantitative estimate of drug-likeness (QED) is 0.772. The molecule has 1 fully saturated rings. The molecule has 14 heavy (non-hydrogen) atoms. The number of hydrogen-bond donors (Lipinski definition) is 1. The van der Waals surface area contributed by atoms with Gasteiger partial charge in [-0.2, -0.15) is 16.9 Å². The summed E-state index contributed by atoms with van der Waals surface area (Å²) in [5, 5.41) is 4.50. The molecule has 0 bridgehead atoms. The van der Waals surface area contributed by atoms with Crippen LogP contribution in [0.4, 0.5) is 5.82 Å². The molecule has 2 aliphatic rings. The maximum atomic E-state index is 5.92. The first-order valence-electron chi connectivity index (χ1n) is 5.30. The van der Waals surface area contributed by atoms with Gasteiger partial charge in [0.05, 0.1) is 11.7 Å². The summed E-state index contributed by atoms with van der Waals surface area (Å²) < 4.78 is 2.22. The van der Waals surface area contributed by atoms with E-state index in [2.05, 4.69) is 9.78 Å². The van der Waals surface area contributed by atoms with Crippen LogP contribution in [0.5, 0.6) is 0 Å². The number of hydrogen-bond acceptors (Lipinski definition) is 3. The molecular formula is C10H15N3S. The zero-order valence-corrected chi connectivity index (χ0v) is 9.02. The zero-order chi connectivity index (χ0) is 9.54. The minimum absolute atomic E-state index is 0.639. The molecule has 3 rings (SSSR count). The first kappa shape index (κ1) is 8.65. The summed E-state index contributed by atoms with van der Waals surface area (Å²) in [5.74, 6) is 2.95. The number of nitrogens with two attached hydrogens (primary N) is 1. The van der Waals surface area contributed by atoms with Crippen LogP contribution < -0.4 is 5.73 Å². The van der Waals surface area contributed by atoms with Crippen LogP contribution in [-0.2, 0) is 11.5 Å². The number of anilines is 1. The Morgan fingerprint density at radius 1 is 1.29 bits per heavy atom. The summed E-state index contributed by atoms with van der Waals surface area (Å²) in [6.45, 7) is 0. The summed E-state index contributed by atoms with van der Waals surface area (Å²) in [5.41, 5.74) is 8.62. The van der Waals surface area contributed by atoms with Crippen molar-refractivity contribution in [3.8, 4) is 0 Å². The van der Waals surface area contributed by atoms with E-state index in [0.717, 1.165) is 17.3 Å². The average molecular weight is 209 g/mol.